The van der Waals surface area contributed by atoms with Crippen LogP contribution in [-0.4, -0.2) is 46.6 Å². The van der Waals surface area contributed by atoms with E-state index in [4.69, 9.17) is 9.15 Å². The SMILES string of the molecule is CC(C)c1ocnc1C(=O)NC1CN(C(=O)OC(C)(C)C)C1. The third-order valence-electron chi connectivity index (χ3n) is 3.20. The fourth-order valence-corrected chi connectivity index (χ4v) is 2.13. The van der Waals surface area contributed by atoms with Crippen molar-refractivity contribution in [3.63, 3.8) is 0 Å². The first-order valence-electron chi connectivity index (χ1n) is 7.39. The van der Waals surface area contributed by atoms with E-state index in [0.29, 0.717) is 24.5 Å². The van der Waals surface area contributed by atoms with Crippen LogP contribution in [0.1, 0.15) is 56.8 Å². The largest absolute Gasteiger partial charge is 0.447 e. The Labute approximate surface area is 130 Å². The molecule has 0 unspecified atom stereocenters. The third kappa shape index (κ3) is 3.78. The molecule has 0 atom stereocenters. The van der Waals surface area contributed by atoms with E-state index in [1.807, 2.05) is 34.6 Å². The maximum atomic E-state index is 12.2. The lowest BCUT2D eigenvalue weighted by Gasteiger charge is -2.39. The number of carbonyl (C=O) groups excluding carboxylic acids is 2. The summed E-state index contributed by atoms with van der Waals surface area (Å²) in [5.74, 6) is 0.384. The lowest BCUT2D eigenvalue weighted by Crippen LogP contribution is -2.61. The number of rotatable bonds is 3. The number of ether oxygens (including phenoxy) is 1. The summed E-state index contributed by atoms with van der Waals surface area (Å²) in [6.07, 6.45) is 0.917. The molecule has 1 N–H and O–H groups in total. The second-order valence-corrected chi connectivity index (χ2v) is 6.78. The summed E-state index contributed by atoms with van der Waals surface area (Å²) in [5.41, 5.74) is -0.205. The monoisotopic (exact) mass is 309 g/mol. The average Bonchev–Trinajstić information content (AvgIpc) is 2.79. The van der Waals surface area contributed by atoms with Gasteiger partial charge in [-0.1, -0.05) is 13.8 Å². The van der Waals surface area contributed by atoms with Crippen molar-refractivity contribution in [2.45, 2.75) is 52.2 Å². The Bertz CT molecular complexity index is 553. The maximum absolute atomic E-state index is 12.2. The van der Waals surface area contributed by atoms with Crippen molar-refractivity contribution in [1.29, 1.82) is 0 Å². The molecule has 1 aliphatic rings. The molecule has 2 rings (SSSR count). The predicted octanol–water partition coefficient (Wildman–Crippen LogP) is 2.15. The molecule has 122 valence electrons. The zero-order valence-corrected chi connectivity index (χ0v) is 13.7. The van der Waals surface area contributed by atoms with Gasteiger partial charge in [-0.3, -0.25) is 4.79 Å². The van der Waals surface area contributed by atoms with Gasteiger partial charge in [-0.25, -0.2) is 9.78 Å². The molecule has 1 aromatic heterocycles. The molecule has 1 aromatic rings. The average molecular weight is 309 g/mol. The highest BCUT2D eigenvalue weighted by Gasteiger charge is 2.35. The quantitative estimate of drug-likeness (QED) is 0.924. The minimum Gasteiger partial charge on any atom is -0.447 e. The Balaban J connectivity index is 1.84. The summed E-state index contributed by atoms with van der Waals surface area (Å²) in [7, 11) is 0. The van der Waals surface area contributed by atoms with Gasteiger partial charge < -0.3 is 19.4 Å². The summed E-state index contributed by atoms with van der Waals surface area (Å²) in [5, 5.41) is 2.85. The van der Waals surface area contributed by atoms with Crippen molar-refractivity contribution < 1.29 is 18.7 Å². The van der Waals surface area contributed by atoms with Gasteiger partial charge in [0, 0.05) is 19.0 Å². The Morgan fingerprint density at radius 3 is 2.59 bits per heavy atom. The molecule has 2 heterocycles. The molecule has 0 aliphatic carbocycles. The topological polar surface area (TPSA) is 84.7 Å². The minimum absolute atomic E-state index is 0.0860. The van der Waals surface area contributed by atoms with Crippen LogP contribution in [0.4, 0.5) is 4.79 Å². The first-order chi connectivity index (χ1) is 10.2. The van der Waals surface area contributed by atoms with Crippen molar-refractivity contribution in [2.24, 2.45) is 0 Å². The van der Waals surface area contributed by atoms with Crippen molar-refractivity contribution in [3.8, 4) is 0 Å². The first kappa shape index (κ1) is 16.3. The number of carbonyl (C=O) groups is 2. The maximum Gasteiger partial charge on any atom is 0.410 e. The number of aromatic nitrogens is 1. The van der Waals surface area contributed by atoms with Crippen molar-refractivity contribution in [3.05, 3.63) is 17.8 Å². The number of oxazole rings is 1. The Morgan fingerprint density at radius 1 is 1.41 bits per heavy atom. The van der Waals surface area contributed by atoms with Crippen LogP contribution in [0, 0.1) is 0 Å². The van der Waals surface area contributed by atoms with Gasteiger partial charge in [-0.15, -0.1) is 0 Å². The molecule has 1 aliphatic heterocycles. The van der Waals surface area contributed by atoms with Crippen molar-refractivity contribution >= 4 is 12.0 Å². The van der Waals surface area contributed by atoms with Gasteiger partial charge in [0.25, 0.3) is 5.91 Å². The fourth-order valence-electron chi connectivity index (χ4n) is 2.13. The van der Waals surface area contributed by atoms with E-state index < -0.39 is 5.60 Å². The summed E-state index contributed by atoms with van der Waals surface area (Å²) >= 11 is 0. The van der Waals surface area contributed by atoms with E-state index in [0.717, 1.165) is 0 Å². The van der Waals surface area contributed by atoms with E-state index in [9.17, 15) is 9.59 Å². The highest BCUT2D eigenvalue weighted by molar-refractivity contribution is 5.93. The molecular weight excluding hydrogens is 286 g/mol. The number of likely N-dealkylation sites (tertiary alicyclic amines) is 1. The molecule has 0 saturated carbocycles. The Hall–Kier alpha value is -2.05. The Morgan fingerprint density at radius 2 is 2.05 bits per heavy atom. The molecule has 7 nitrogen and oxygen atoms in total. The van der Waals surface area contributed by atoms with Crippen LogP contribution in [0.25, 0.3) is 0 Å². The lowest BCUT2D eigenvalue weighted by atomic mass is 10.1. The molecule has 1 saturated heterocycles. The first-order valence-corrected chi connectivity index (χ1v) is 7.39. The van der Waals surface area contributed by atoms with E-state index in [1.165, 1.54) is 6.39 Å². The second-order valence-electron chi connectivity index (χ2n) is 6.78. The molecule has 0 spiro atoms. The summed E-state index contributed by atoms with van der Waals surface area (Å²) < 4.78 is 10.5. The van der Waals surface area contributed by atoms with Crippen LogP contribution in [-0.2, 0) is 4.74 Å². The smallest absolute Gasteiger partial charge is 0.410 e. The summed E-state index contributed by atoms with van der Waals surface area (Å²) in [4.78, 5) is 29.5. The number of nitrogens with one attached hydrogen (secondary N) is 1. The van der Waals surface area contributed by atoms with Gasteiger partial charge in [0.2, 0.25) is 0 Å². The number of hydrogen-bond donors (Lipinski definition) is 1. The van der Waals surface area contributed by atoms with Crippen molar-refractivity contribution in [1.82, 2.24) is 15.2 Å². The Kier molecular flexibility index (Phi) is 4.44. The van der Waals surface area contributed by atoms with Gasteiger partial charge in [0.1, 0.15) is 11.4 Å². The van der Waals surface area contributed by atoms with Crippen molar-refractivity contribution in [2.75, 3.05) is 13.1 Å². The molecule has 2 amide bonds. The van der Waals surface area contributed by atoms with E-state index in [-0.39, 0.29) is 24.0 Å². The van der Waals surface area contributed by atoms with Gasteiger partial charge in [0.15, 0.2) is 12.1 Å². The highest BCUT2D eigenvalue weighted by atomic mass is 16.6. The number of hydrogen-bond acceptors (Lipinski definition) is 5. The van der Waals surface area contributed by atoms with Gasteiger partial charge in [-0.05, 0) is 20.8 Å². The summed E-state index contributed by atoms with van der Waals surface area (Å²) in [6.45, 7) is 10.2. The molecule has 22 heavy (non-hydrogen) atoms. The molecular formula is C15H23N3O4. The number of nitrogens with zero attached hydrogens (tertiary/aromatic N) is 2. The van der Waals surface area contributed by atoms with Gasteiger partial charge in [-0.2, -0.15) is 0 Å². The second kappa shape index (κ2) is 5.98. The molecule has 0 aromatic carbocycles. The van der Waals surface area contributed by atoms with Crippen LogP contribution in [0.15, 0.2) is 10.8 Å². The highest BCUT2D eigenvalue weighted by Crippen LogP contribution is 2.19. The normalized spacial score (nSPS) is 15.6. The van der Waals surface area contributed by atoms with E-state index in [2.05, 4.69) is 10.3 Å². The van der Waals surface area contributed by atoms with E-state index >= 15 is 0 Å². The van der Waals surface area contributed by atoms with Crippen LogP contribution in [0.2, 0.25) is 0 Å². The lowest BCUT2D eigenvalue weighted by molar-refractivity contribution is 0.00530. The minimum atomic E-state index is -0.516. The summed E-state index contributed by atoms with van der Waals surface area (Å²) in [6, 6.07) is -0.0864. The van der Waals surface area contributed by atoms with Gasteiger partial charge >= 0.3 is 6.09 Å². The molecule has 0 bridgehead atoms. The zero-order valence-electron chi connectivity index (χ0n) is 13.7. The van der Waals surface area contributed by atoms with Crippen LogP contribution in [0.3, 0.4) is 0 Å². The van der Waals surface area contributed by atoms with Crippen LogP contribution >= 0.6 is 0 Å². The molecule has 1 fully saturated rings. The third-order valence-corrected chi connectivity index (χ3v) is 3.20. The van der Waals surface area contributed by atoms with Gasteiger partial charge in [0.05, 0.1) is 6.04 Å². The van der Waals surface area contributed by atoms with E-state index in [1.54, 1.807) is 4.90 Å². The van der Waals surface area contributed by atoms with Crippen LogP contribution in [0.5, 0.6) is 0 Å². The molecule has 7 heteroatoms. The number of amides is 2. The standard InChI is InChI=1S/C15H23N3O4/c1-9(2)12-11(16-8-21-12)13(19)17-10-6-18(7-10)14(20)22-15(3,4)5/h8-10H,6-7H2,1-5H3,(H,17,19). The zero-order chi connectivity index (χ0) is 16.5. The fraction of sp³-hybridized carbons (Fsp3) is 0.667. The molecule has 0 radical (unpaired) electrons. The van der Waals surface area contributed by atoms with Crippen LogP contribution < -0.4 is 5.32 Å². The predicted molar refractivity (Wildman–Crippen MR) is 79.7 cm³/mol.